The minimum absolute atomic E-state index is 0.576. The van der Waals surface area contributed by atoms with Crippen molar-refractivity contribution in [3.8, 4) is 5.75 Å². The van der Waals surface area contributed by atoms with Gasteiger partial charge >= 0.3 is 0 Å². The summed E-state index contributed by atoms with van der Waals surface area (Å²) in [6.07, 6.45) is 2.02. The Kier molecular flexibility index (Phi) is 4.75. The average molecular weight is 219 g/mol. The van der Waals surface area contributed by atoms with E-state index in [4.69, 9.17) is 4.74 Å². The lowest BCUT2D eigenvalue weighted by Crippen LogP contribution is -1.93. The van der Waals surface area contributed by atoms with E-state index in [0.717, 1.165) is 11.4 Å². The van der Waals surface area contributed by atoms with E-state index < -0.39 is 0 Å². The third kappa shape index (κ3) is 4.54. The minimum atomic E-state index is 0.576. The monoisotopic (exact) mass is 219 g/mol. The SMILES string of the molecule is CC(C)=CCOc1cccc(N=C=S)c1. The van der Waals surface area contributed by atoms with Gasteiger partial charge in [-0.15, -0.1) is 0 Å². The molecule has 0 N–H and O–H groups in total. The fraction of sp³-hybridized carbons (Fsp3) is 0.250. The highest BCUT2D eigenvalue weighted by Gasteiger charge is 1.93. The Hall–Kier alpha value is -1.44. The lowest BCUT2D eigenvalue weighted by Gasteiger charge is -2.03. The van der Waals surface area contributed by atoms with Gasteiger partial charge in [-0.25, -0.2) is 0 Å². The Balaban J connectivity index is 2.65. The van der Waals surface area contributed by atoms with Crippen molar-refractivity contribution in [2.75, 3.05) is 6.61 Å². The number of hydrogen-bond donors (Lipinski definition) is 0. The van der Waals surface area contributed by atoms with Crippen LogP contribution in [0, 0.1) is 0 Å². The normalized spacial score (nSPS) is 8.93. The molecular weight excluding hydrogens is 206 g/mol. The van der Waals surface area contributed by atoms with Gasteiger partial charge in [0, 0.05) is 6.07 Å². The maximum absolute atomic E-state index is 5.51. The largest absolute Gasteiger partial charge is 0.489 e. The molecule has 0 aromatic heterocycles. The van der Waals surface area contributed by atoms with Crippen molar-refractivity contribution in [2.24, 2.45) is 4.99 Å². The molecule has 1 aromatic carbocycles. The number of isothiocyanates is 1. The van der Waals surface area contributed by atoms with Crippen LogP contribution in [0.5, 0.6) is 5.75 Å². The van der Waals surface area contributed by atoms with Gasteiger partial charge in [-0.1, -0.05) is 11.6 Å². The summed E-state index contributed by atoms with van der Waals surface area (Å²) in [7, 11) is 0. The van der Waals surface area contributed by atoms with Crippen molar-refractivity contribution in [2.45, 2.75) is 13.8 Å². The first-order valence-electron chi connectivity index (χ1n) is 4.66. The molecule has 0 bridgehead atoms. The molecule has 1 aromatic rings. The van der Waals surface area contributed by atoms with Crippen molar-refractivity contribution in [3.05, 3.63) is 35.9 Å². The number of aliphatic imine (C=N–C) groups is 1. The van der Waals surface area contributed by atoms with Gasteiger partial charge in [0.05, 0.1) is 10.8 Å². The molecule has 0 saturated heterocycles. The van der Waals surface area contributed by atoms with Crippen LogP contribution in [0.4, 0.5) is 5.69 Å². The van der Waals surface area contributed by atoms with Gasteiger partial charge in [-0.05, 0) is 44.3 Å². The number of allylic oxidation sites excluding steroid dienone is 1. The number of nitrogens with zero attached hydrogens (tertiary/aromatic N) is 1. The van der Waals surface area contributed by atoms with Gasteiger partial charge < -0.3 is 4.74 Å². The van der Waals surface area contributed by atoms with Crippen LogP contribution in [-0.2, 0) is 0 Å². The Bertz CT molecular complexity index is 402. The molecule has 0 aliphatic rings. The van der Waals surface area contributed by atoms with Crippen LogP contribution < -0.4 is 4.74 Å². The first-order chi connectivity index (χ1) is 7.22. The zero-order valence-electron chi connectivity index (χ0n) is 8.86. The van der Waals surface area contributed by atoms with Gasteiger partial charge in [-0.2, -0.15) is 4.99 Å². The molecule has 2 nitrogen and oxygen atoms in total. The van der Waals surface area contributed by atoms with Crippen molar-refractivity contribution in [1.82, 2.24) is 0 Å². The molecule has 0 unspecified atom stereocenters. The molecule has 0 fully saturated rings. The molecule has 0 heterocycles. The van der Waals surface area contributed by atoms with Gasteiger partial charge in [-0.3, -0.25) is 0 Å². The highest BCUT2D eigenvalue weighted by molar-refractivity contribution is 7.78. The van der Waals surface area contributed by atoms with E-state index in [1.165, 1.54) is 5.57 Å². The second-order valence-electron chi connectivity index (χ2n) is 3.29. The molecule has 0 saturated carbocycles. The van der Waals surface area contributed by atoms with Crippen LogP contribution in [-0.4, -0.2) is 11.8 Å². The quantitative estimate of drug-likeness (QED) is 0.437. The van der Waals surface area contributed by atoms with E-state index in [9.17, 15) is 0 Å². The molecule has 0 spiro atoms. The maximum atomic E-state index is 5.51. The summed E-state index contributed by atoms with van der Waals surface area (Å²) in [5, 5.41) is 2.33. The number of rotatable bonds is 4. The standard InChI is InChI=1S/C12H13NOS/c1-10(2)6-7-14-12-5-3-4-11(8-12)13-9-15/h3-6,8H,7H2,1-2H3. The van der Waals surface area contributed by atoms with Crippen LogP contribution in [0.3, 0.4) is 0 Å². The number of ether oxygens (including phenoxy) is 1. The lowest BCUT2D eigenvalue weighted by atomic mass is 10.3. The summed E-state index contributed by atoms with van der Waals surface area (Å²) < 4.78 is 5.51. The van der Waals surface area contributed by atoms with Gasteiger partial charge in [0.15, 0.2) is 0 Å². The summed E-state index contributed by atoms with van der Waals surface area (Å²) >= 11 is 4.53. The molecule has 15 heavy (non-hydrogen) atoms. The lowest BCUT2D eigenvalue weighted by molar-refractivity contribution is 0.362. The van der Waals surface area contributed by atoms with E-state index in [-0.39, 0.29) is 0 Å². The smallest absolute Gasteiger partial charge is 0.121 e. The summed E-state index contributed by atoms with van der Waals surface area (Å²) in [4.78, 5) is 3.88. The van der Waals surface area contributed by atoms with Crippen molar-refractivity contribution < 1.29 is 4.74 Å². The summed E-state index contributed by atoms with van der Waals surface area (Å²) in [6.45, 7) is 4.65. The number of benzene rings is 1. The second-order valence-corrected chi connectivity index (χ2v) is 3.48. The van der Waals surface area contributed by atoms with Crippen LogP contribution in [0.1, 0.15) is 13.8 Å². The predicted octanol–water partition coefficient (Wildman–Crippen LogP) is 3.77. The fourth-order valence-electron chi connectivity index (χ4n) is 1.00. The Morgan fingerprint density at radius 3 is 3.00 bits per heavy atom. The van der Waals surface area contributed by atoms with Crippen molar-refractivity contribution >= 4 is 23.1 Å². The Morgan fingerprint density at radius 2 is 2.33 bits per heavy atom. The molecule has 0 amide bonds. The minimum Gasteiger partial charge on any atom is -0.489 e. The predicted molar refractivity (Wildman–Crippen MR) is 66.1 cm³/mol. The number of hydrogen-bond acceptors (Lipinski definition) is 3. The molecule has 3 heteroatoms. The van der Waals surface area contributed by atoms with Crippen LogP contribution in [0.25, 0.3) is 0 Å². The zero-order valence-corrected chi connectivity index (χ0v) is 9.67. The van der Waals surface area contributed by atoms with Gasteiger partial charge in [0.1, 0.15) is 12.4 Å². The van der Waals surface area contributed by atoms with E-state index >= 15 is 0 Å². The van der Waals surface area contributed by atoms with Crippen molar-refractivity contribution in [1.29, 1.82) is 0 Å². The Labute approximate surface area is 95.3 Å². The first kappa shape index (κ1) is 11.6. The van der Waals surface area contributed by atoms with Gasteiger partial charge in [0.2, 0.25) is 0 Å². The summed E-state index contributed by atoms with van der Waals surface area (Å²) in [6, 6.07) is 7.45. The topological polar surface area (TPSA) is 21.6 Å². The molecule has 0 atom stereocenters. The van der Waals surface area contributed by atoms with E-state index in [1.54, 1.807) is 0 Å². The fourth-order valence-corrected chi connectivity index (χ4v) is 1.11. The van der Waals surface area contributed by atoms with Gasteiger partial charge in [0.25, 0.3) is 0 Å². The van der Waals surface area contributed by atoms with E-state index in [1.807, 2.05) is 44.2 Å². The first-order valence-corrected chi connectivity index (χ1v) is 5.07. The van der Waals surface area contributed by atoms with E-state index in [2.05, 4.69) is 22.4 Å². The Morgan fingerprint density at radius 1 is 1.53 bits per heavy atom. The molecule has 0 aliphatic heterocycles. The van der Waals surface area contributed by atoms with Crippen LogP contribution >= 0.6 is 12.2 Å². The molecule has 1 rings (SSSR count). The van der Waals surface area contributed by atoms with E-state index in [0.29, 0.717) is 6.61 Å². The third-order valence-electron chi connectivity index (χ3n) is 1.73. The molecule has 78 valence electrons. The molecular formula is C12H13NOS. The summed E-state index contributed by atoms with van der Waals surface area (Å²) in [5.41, 5.74) is 2.00. The maximum Gasteiger partial charge on any atom is 0.121 e. The second kappa shape index (κ2) is 6.12. The molecule has 0 aliphatic carbocycles. The third-order valence-corrected chi connectivity index (χ3v) is 1.83. The highest BCUT2D eigenvalue weighted by Crippen LogP contribution is 2.19. The highest BCUT2D eigenvalue weighted by atomic mass is 32.1. The summed E-state index contributed by atoms with van der Waals surface area (Å²) in [5.74, 6) is 0.791. The number of thiocarbonyl (C=S) groups is 1. The van der Waals surface area contributed by atoms with Crippen molar-refractivity contribution in [3.63, 3.8) is 0 Å². The average Bonchev–Trinajstić information content (AvgIpc) is 2.18. The zero-order chi connectivity index (χ0) is 11.1. The van der Waals surface area contributed by atoms with Crippen LogP contribution in [0.2, 0.25) is 0 Å². The van der Waals surface area contributed by atoms with Crippen LogP contribution in [0.15, 0.2) is 40.9 Å². The molecule has 0 radical (unpaired) electrons.